The third-order valence-corrected chi connectivity index (χ3v) is 6.10. The van der Waals surface area contributed by atoms with Crippen molar-refractivity contribution in [2.75, 3.05) is 0 Å². The largest absolute Gasteiger partial charge is 0.390 e. The van der Waals surface area contributed by atoms with Gasteiger partial charge in [0, 0.05) is 39.9 Å². The number of rotatable bonds is 9. The van der Waals surface area contributed by atoms with E-state index in [4.69, 9.17) is 4.84 Å². The minimum atomic E-state index is -4.33. The quantitative estimate of drug-likeness (QED) is 0.204. The van der Waals surface area contributed by atoms with Crippen LogP contribution in [-0.4, -0.2) is 27.6 Å². The number of halogens is 3. The number of thiophene rings is 1. The van der Waals surface area contributed by atoms with E-state index in [2.05, 4.69) is 10.1 Å². The zero-order chi connectivity index (χ0) is 24.1. The summed E-state index contributed by atoms with van der Waals surface area (Å²) < 4.78 is 39.0. The summed E-state index contributed by atoms with van der Waals surface area (Å²) in [5.41, 5.74) is 3.84. The van der Waals surface area contributed by atoms with Crippen LogP contribution in [-0.2, 0) is 22.7 Å². The summed E-state index contributed by atoms with van der Waals surface area (Å²) in [4.78, 5) is 24.1. The van der Waals surface area contributed by atoms with Gasteiger partial charge in [-0.1, -0.05) is 23.4 Å². The van der Waals surface area contributed by atoms with E-state index in [9.17, 15) is 18.0 Å². The number of nitrogens with zero attached hydrogens (tertiary/aromatic N) is 3. The molecule has 0 spiro atoms. The second-order valence-electron chi connectivity index (χ2n) is 7.88. The number of aromatic nitrogens is 2. The number of Topliss-reactive ketones (excluding diaryl/α,β-unsaturated/α-hetero) is 1. The smallest absolute Gasteiger partial charge is 0.389 e. The van der Waals surface area contributed by atoms with Gasteiger partial charge in [0.05, 0.1) is 24.5 Å². The van der Waals surface area contributed by atoms with Crippen molar-refractivity contribution in [3.8, 4) is 11.3 Å². The number of oxime groups is 1. The highest BCUT2D eigenvalue weighted by Crippen LogP contribution is 2.24. The molecular formula is C25H22F3N3O2S. The highest BCUT2D eigenvalue weighted by molar-refractivity contribution is 7.11. The lowest BCUT2D eigenvalue weighted by Gasteiger charge is -2.07. The standard InChI is InChI=1S/C25H22F3N3O2S/c1-17-5-6-22(34-17)16-33-30-14-19-8-10-31-23(15-29-24(31)13-19)20-4-2-3-18(11-20)12-21(32)7-9-25(26,27)28/h2-6,8,10-11,13-15H,7,9,12,16H2,1H3. The molecule has 0 saturated heterocycles. The van der Waals surface area contributed by atoms with Crippen LogP contribution in [0, 0.1) is 6.92 Å². The number of benzene rings is 1. The molecular weight excluding hydrogens is 463 g/mol. The molecule has 0 N–H and O–H groups in total. The Bertz CT molecular complexity index is 1320. The number of hydrogen-bond acceptors (Lipinski definition) is 5. The molecule has 0 atom stereocenters. The van der Waals surface area contributed by atoms with Crippen LogP contribution in [0.1, 0.15) is 33.7 Å². The van der Waals surface area contributed by atoms with E-state index >= 15 is 0 Å². The Kier molecular flexibility index (Phi) is 7.12. The minimum absolute atomic E-state index is 0.0354. The predicted molar refractivity (Wildman–Crippen MR) is 126 cm³/mol. The van der Waals surface area contributed by atoms with Gasteiger partial charge >= 0.3 is 6.18 Å². The first-order valence-corrected chi connectivity index (χ1v) is 11.4. The van der Waals surface area contributed by atoms with Gasteiger partial charge in [0.15, 0.2) is 6.61 Å². The van der Waals surface area contributed by atoms with Crippen molar-refractivity contribution in [1.82, 2.24) is 9.38 Å². The molecule has 4 aromatic rings. The number of aryl methyl sites for hydroxylation is 1. The first kappa shape index (κ1) is 23.7. The molecule has 0 unspecified atom stereocenters. The molecule has 3 aromatic heterocycles. The number of carbonyl (C=O) groups excluding carboxylic acids is 1. The minimum Gasteiger partial charge on any atom is -0.390 e. The Morgan fingerprint density at radius 2 is 2.06 bits per heavy atom. The fourth-order valence-corrected chi connectivity index (χ4v) is 4.29. The van der Waals surface area contributed by atoms with Crippen LogP contribution < -0.4 is 0 Å². The van der Waals surface area contributed by atoms with Crippen molar-refractivity contribution in [2.24, 2.45) is 5.16 Å². The monoisotopic (exact) mass is 485 g/mol. The van der Waals surface area contributed by atoms with E-state index in [0.717, 1.165) is 21.7 Å². The van der Waals surface area contributed by atoms with Gasteiger partial charge in [-0.25, -0.2) is 4.98 Å². The van der Waals surface area contributed by atoms with E-state index in [-0.39, 0.29) is 6.42 Å². The number of fused-ring (bicyclic) bond motifs is 1. The highest BCUT2D eigenvalue weighted by Gasteiger charge is 2.27. The van der Waals surface area contributed by atoms with Crippen molar-refractivity contribution >= 4 is 29.0 Å². The van der Waals surface area contributed by atoms with E-state index in [0.29, 0.717) is 17.8 Å². The van der Waals surface area contributed by atoms with Crippen molar-refractivity contribution in [3.63, 3.8) is 0 Å². The summed E-state index contributed by atoms with van der Waals surface area (Å²) >= 11 is 1.67. The first-order chi connectivity index (χ1) is 16.3. The summed E-state index contributed by atoms with van der Waals surface area (Å²) in [5.74, 6) is -0.437. The van der Waals surface area contributed by atoms with E-state index < -0.39 is 24.8 Å². The summed E-state index contributed by atoms with van der Waals surface area (Å²) in [7, 11) is 0. The molecule has 176 valence electrons. The molecule has 0 aliphatic heterocycles. The maximum absolute atomic E-state index is 12.4. The van der Waals surface area contributed by atoms with Gasteiger partial charge in [-0.15, -0.1) is 11.3 Å². The van der Waals surface area contributed by atoms with Crippen LogP contribution >= 0.6 is 11.3 Å². The second-order valence-corrected chi connectivity index (χ2v) is 9.26. The lowest BCUT2D eigenvalue weighted by Crippen LogP contribution is -2.12. The Hall–Kier alpha value is -3.46. The Morgan fingerprint density at radius 3 is 2.82 bits per heavy atom. The molecule has 9 heteroatoms. The van der Waals surface area contributed by atoms with Crippen LogP contribution in [0.2, 0.25) is 0 Å². The SMILES string of the molecule is Cc1ccc(CON=Cc2ccn3c(-c4cccc(CC(=O)CCC(F)(F)F)c4)cnc3c2)s1. The summed E-state index contributed by atoms with van der Waals surface area (Å²) in [5, 5.41) is 4.03. The number of imidazole rings is 1. The Labute approximate surface area is 198 Å². The molecule has 4 rings (SSSR count). The number of ketones is 1. The maximum Gasteiger partial charge on any atom is 0.389 e. The van der Waals surface area contributed by atoms with Crippen LogP contribution in [0.4, 0.5) is 13.2 Å². The number of carbonyl (C=O) groups is 1. The van der Waals surface area contributed by atoms with Crippen molar-refractivity contribution < 1.29 is 22.8 Å². The Balaban J connectivity index is 1.43. The van der Waals surface area contributed by atoms with Gasteiger partial charge < -0.3 is 4.84 Å². The fraction of sp³-hybridized carbons (Fsp3) is 0.240. The third kappa shape index (κ3) is 6.32. The molecule has 1 aromatic carbocycles. The topological polar surface area (TPSA) is 56.0 Å². The normalized spacial score (nSPS) is 12.0. The molecule has 0 aliphatic carbocycles. The molecule has 0 bridgehead atoms. The number of hydrogen-bond donors (Lipinski definition) is 0. The van der Waals surface area contributed by atoms with Gasteiger partial charge in [-0.2, -0.15) is 13.2 Å². The van der Waals surface area contributed by atoms with Gasteiger partial charge in [0.1, 0.15) is 11.4 Å². The van der Waals surface area contributed by atoms with E-state index in [1.54, 1.807) is 35.9 Å². The average Bonchev–Trinajstić information content (AvgIpc) is 3.40. The van der Waals surface area contributed by atoms with Crippen molar-refractivity contribution in [1.29, 1.82) is 0 Å². The van der Waals surface area contributed by atoms with Gasteiger partial charge in [-0.05, 0) is 42.8 Å². The van der Waals surface area contributed by atoms with E-state index in [1.807, 2.05) is 53.9 Å². The number of pyridine rings is 1. The molecule has 0 radical (unpaired) electrons. The zero-order valence-electron chi connectivity index (χ0n) is 18.4. The van der Waals surface area contributed by atoms with Gasteiger partial charge in [-0.3, -0.25) is 9.20 Å². The van der Waals surface area contributed by atoms with Crippen molar-refractivity contribution in [3.05, 3.63) is 81.8 Å². The molecule has 0 amide bonds. The molecule has 5 nitrogen and oxygen atoms in total. The predicted octanol–water partition coefficient (Wildman–Crippen LogP) is 6.38. The van der Waals surface area contributed by atoms with Crippen LogP contribution in [0.5, 0.6) is 0 Å². The maximum atomic E-state index is 12.4. The third-order valence-electron chi connectivity index (χ3n) is 5.13. The molecule has 0 fully saturated rings. The molecule has 3 heterocycles. The second kappa shape index (κ2) is 10.2. The lowest BCUT2D eigenvalue weighted by atomic mass is 10.0. The van der Waals surface area contributed by atoms with Crippen LogP contribution in [0.15, 0.2) is 66.1 Å². The average molecular weight is 486 g/mol. The molecule has 0 aliphatic rings. The highest BCUT2D eigenvalue weighted by atomic mass is 32.1. The van der Waals surface area contributed by atoms with Crippen LogP contribution in [0.3, 0.4) is 0 Å². The van der Waals surface area contributed by atoms with E-state index in [1.165, 1.54) is 4.88 Å². The molecule has 34 heavy (non-hydrogen) atoms. The Morgan fingerprint density at radius 1 is 1.21 bits per heavy atom. The first-order valence-electron chi connectivity index (χ1n) is 10.6. The zero-order valence-corrected chi connectivity index (χ0v) is 19.2. The van der Waals surface area contributed by atoms with Crippen molar-refractivity contribution in [2.45, 2.75) is 39.0 Å². The fourth-order valence-electron chi connectivity index (χ4n) is 3.49. The summed E-state index contributed by atoms with van der Waals surface area (Å²) in [6.45, 7) is 2.46. The van der Waals surface area contributed by atoms with Gasteiger partial charge in [0.25, 0.3) is 0 Å². The van der Waals surface area contributed by atoms with Gasteiger partial charge in [0.2, 0.25) is 0 Å². The number of alkyl halides is 3. The molecule has 0 saturated carbocycles. The summed E-state index contributed by atoms with van der Waals surface area (Å²) in [6, 6.07) is 15.0. The summed E-state index contributed by atoms with van der Waals surface area (Å²) in [6.07, 6.45) is -0.756. The van der Waals surface area contributed by atoms with Crippen LogP contribution in [0.25, 0.3) is 16.9 Å². The lowest BCUT2D eigenvalue weighted by molar-refractivity contribution is -0.143.